The van der Waals surface area contributed by atoms with Crippen LogP contribution in [0, 0.1) is 13.8 Å². The zero-order valence-electron chi connectivity index (χ0n) is 11.3. The van der Waals surface area contributed by atoms with Crippen molar-refractivity contribution in [3.63, 3.8) is 0 Å². The molecule has 1 N–H and O–H groups in total. The number of fused-ring (bicyclic) bond motifs is 1. The molecule has 3 heteroatoms. The number of benzene rings is 2. The van der Waals surface area contributed by atoms with Crippen molar-refractivity contribution in [3.8, 4) is 11.3 Å². The van der Waals surface area contributed by atoms with Gasteiger partial charge in [-0.1, -0.05) is 48.0 Å². The third-order valence-electron chi connectivity index (χ3n) is 3.45. The van der Waals surface area contributed by atoms with Crippen LogP contribution in [0.4, 0.5) is 0 Å². The summed E-state index contributed by atoms with van der Waals surface area (Å²) in [5, 5.41) is 0.913. The monoisotopic (exact) mass is 283 g/mol. The first kappa shape index (κ1) is 12.9. The minimum absolute atomic E-state index is 0.114. The quantitative estimate of drug-likeness (QED) is 0.702. The van der Waals surface area contributed by atoms with Gasteiger partial charge < -0.3 is 4.98 Å². The lowest BCUT2D eigenvalue weighted by Gasteiger charge is -2.10. The molecule has 0 aliphatic heterocycles. The van der Waals surface area contributed by atoms with E-state index in [9.17, 15) is 4.79 Å². The fourth-order valence-electron chi connectivity index (χ4n) is 2.58. The highest BCUT2D eigenvalue weighted by Crippen LogP contribution is 2.27. The lowest BCUT2D eigenvalue weighted by atomic mass is 10.0. The number of pyridine rings is 1. The fourth-order valence-corrected chi connectivity index (χ4v) is 2.83. The van der Waals surface area contributed by atoms with Gasteiger partial charge >= 0.3 is 0 Å². The number of hydrogen-bond donors (Lipinski definition) is 1. The fraction of sp³-hybridized carbons (Fsp3) is 0.118. The Bertz CT molecular complexity index is 850. The summed E-state index contributed by atoms with van der Waals surface area (Å²) in [6.45, 7) is 3.95. The maximum atomic E-state index is 12.5. The Morgan fingerprint density at radius 3 is 2.45 bits per heavy atom. The normalized spacial score (nSPS) is 10.9. The molecule has 20 heavy (non-hydrogen) atoms. The Balaban J connectivity index is 2.42. The predicted molar refractivity (Wildman–Crippen MR) is 84.5 cm³/mol. The summed E-state index contributed by atoms with van der Waals surface area (Å²) >= 11 is 6.27. The third-order valence-corrected chi connectivity index (χ3v) is 3.81. The summed E-state index contributed by atoms with van der Waals surface area (Å²) in [6, 6.07) is 13.6. The average molecular weight is 284 g/mol. The zero-order chi connectivity index (χ0) is 14.3. The van der Waals surface area contributed by atoms with Crippen LogP contribution < -0.4 is 5.43 Å². The third kappa shape index (κ3) is 2.02. The minimum atomic E-state index is -0.114. The number of hydrogen-bond acceptors (Lipinski definition) is 1. The van der Waals surface area contributed by atoms with E-state index in [-0.39, 0.29) is 10.5 Å². The molecule has 2 nitrogen and oxygen atoms in total. The molecule has 0 unspecified atom stereocenters. The molecule has 0 aliphatic carbocycles. The van der Waals surface area contributed by atoms with Crippen LogP contribution >= 0.6 is 11.6 Å². The number of aromatic amines is 1. The van der Waals surface area contributed by atoms with Gasteiger partial charge in [-0.3, -0.25) is 4.79 Å². The van der Waals surface area contributed by atoms with Crippen molar-refractivity contribution in [3.05, 3.63) is 68.8 Å². The molecule has 3 rings (SSSR count). The lowest BCUT2D eigenvalue weighted by molar-refractivity contribution is 1.33. The van der Waals surface area contributed by atoms with Crippen molar-refractivity contribution < 1.29 is 0 Å². The van der Waals surface area contributed by atoms with Gasteiger partial charge in [0.05, 0.1) is 11.2 Å². The summed E-state index contributed by atoms with van der Waals surface area (Å²) in [6.07, 6.45) is 0. The second kappa shape index (κ2) is 4.80. The average Bonchev–Trinajstić information content (AvgIpc) is 2.43. The van der Waals surface area contributed by atoms with E-state index in [0.717, 1.165) is 22.2 Å². The predicted octanol–water partition coefficient (Wildman–Crippen LogP) is 4.47. The van der Waals surface area contributed by atoms with E-state index in [2.05, 4.69) is 4.98 Å². The van der Waals surface area contributed by atoms with Crippen molar-refractivity contribution in [2.45, 2.75) is 13.8 Å². The van der Waals surface area contributed by atoms with E-state index in [1.807, 2.05) is 56.3 Å². The van der Waals surface area contributed by atoms with Crippen LogP contribution in [0.25, 0.3) is 22.2 Å². The number of H-pyrrole nitrogens is 1. The molecule has 0 atom stereocenters. The van der Waals surface area contributed by atoms with E-state index in [0.29, 0.717) is 11.1 Å². The van der Waals surface area contributed by atoms with Gasteiger partial charge in [-0.05, 0) is 36.6 Å². The molecule has 0 spiro atoms. The van der Waals surface area contributed by atoms with Gasteiger partial charge in [-0.25, -0.2) is 0 Å². The summed E-state index contributed by atoms with van der Waals surface area (Å²) in [4.78, 5) is 15.8. The first-order chi connectivity index (χ1) is 9.58. The summed E-state index contributed by atoms with van der Waals surface area (Å²) in [5.74, 6) is 0. The lowest BCUT2D eigenvalue weighted by Crippen LogP contribution is -2.08. The summed E-state index contributed by atoms with van der Waals surface area (Å²) < 4.78 is 0. The highest BCUT2D eigenvalue weighted by atomic mass is 35.5. The standard InChI is InChI=1S/C17H14ClNO/c1-10-8-11(2)14-13(9-10)19-16(15(18)17(14)20)12-6-4-3-5-7-12/h3-9H,1-2H3,(H,19,20). The SMILES string of the molecule is Cc1cc(C)c2c(=O)c(Cl)c(-c3ccccc3)[nH]c2c1. The van der Waals surface area contributed by atoms with Crippen LogP contribution in [-0.2, 0) is 0 Å². The smallest absolute Gasteiger partial charge is 0.208 e. The molecule has 3 aromatic rings. The topological polar surface area (TPSA) is 32.9 Å². The molecular formula is C17H14ClNO. The van der Waals surface area contributed by atoms with Crippen molar-refractivity contribution in [2.75, 3.05) is 0 Å². The first-order valence-corrected chi connectivity index (χ1v) is 6.84. The number of aromatic nitrogens is 1. The van der Waals surface area contributed by atoms with E-state index in [1.54, 1.807) is 0 Å². The molecule has 0 radical (unpaired) electrons. The van der Waals surface area contributed by atoms with Gasteiger partial charge in [-0.15, -0.1) is 0 Å². The Kier molecular flexibility index (Phi) is 3.11. The zero-order valence-corrected chi connectivity index (χ0v) is 12.1. The van der Waals surface area contributed by atoms with Crippen LogP contribution in [0.5, 0.6) is 0 Å². The second-order valence-electron chi connectivity index (χ2n) is 5.01. The molecule has 0 amide bonds. The molecule has 0 saturated heterocycles. The van der Waals surface area contributed by atoms with Gasteiger partial charge in [-0.2, -0.15) is 0 Å². The number of halogens is 1. The van der Waals surface area contributed by atoms with Crippen LogP contribution in [0.2, 0.25) is 5.02 Å². The van der Waals surface area contributed by atoms with Crippen molar-refractivity contribution in [1.82, 2.24) is 4.98 Å². The largest absolute Gasteiger partial charge is 0.353 e. The van der Waals surface area contributed by atoms with Crippen LogP contribution in [0.15, 0.2) is 47.3 Å². The van der Waals surface area contributed by atoms with E-state index < -0.39 is 0 Å². The van der Waals surface area contributed by atoms with Crippen molar-refractivity contribution in [2.24, 2.45) is 0 Å². The Labute approximate surface area is 122 Å². The van der Waals surface area contributed by atoms with Crippen LogP contribution in [-0.4, -0.2) is 4.98 Å². The summed E-state index contributed by atoms with van der Waals surface area (Å²) in [5.41, 5.74) is 4.37. The first-order valence-electron chi connectivity index (χ1n) is 6.46. The van der Waals surface area contributed by atoms with Crippen molar-refractivity contribution in [1.29, 1.82) is 0 Å². The van der Waals surface area contributed by atoms with Crippen LogP contribution in [0.1, 0.15) is 11.1 Å². The minimum Gasteiger partial charge on any atom is -0.353 e. The molecule has 0 fully saturated rings. The van der Waals surface area contributed by atoms with Gasteiger partial charge in [0.2, 0.25) is 5.43 Å². The van der Waals surface area contributed by atoms with Crippen molar-refractivity contribution >= 4 is 22.5 Å². The second-order valence-corrected chi connectivity index (χ2v) is 5.39. The molecular weight excluding hydrogens is 270 g/mol. The van der Waals surface area contributed by atoms with E-state index in [1.165, 1.54) is 0 Å². The van der Waals surface area contributed by atoms with E-state index >= 15 is 0 Å². The molecule has 0 bridgehead atoms. The molecule has 2 aromatic carbocycles. The number of nitrogens with one attached hydrogen (secondary N) is 1. The maximum Gasteiger partial charge on any atom is 0.208 e. The van der Waals surface area contributed by atoms with Gasteiger partial charge in [0.1, 0.15) is 5.02 Å². The molecule has 100 valence electrons. The van der Waals surface area contributed by atoms with Gasteiger partial charge in [0.25, 0.3) is 0 Å². The summed E-state index contributed by atoms with van der Waals surface area (Å²) in [7, 11) is 0. The van der Waals surface area contributed by atoms with Crippen LogP contribution in [0.3, 0.4) is 0 Å². The van der Waals surface area contributed by atoms with E-state index in [4.69, 9.17) is 11.6 Å². The Hall–Kier alpha value is -2.06. The molecule has 0 aliphatic rings. The molecule has 1 aromatic heterocycles. The Morgan fingerprint density at radius 2 is 1.75 bits per heavy atom. The maximum absolute atomic E-state index is 12.5. The molecule has 1 heterocycles. The number of rotatable bonds is 1. The Morgan fingerprint density at radius 1 is 1.05 bits per heavy atom. The van der Waals surface area contributed by atoms with Gasteiger partial charge in [0.15, 0.2) is 0 Å². The highest BCUT2D eigenvalue weighted by molar-refractivity contribution is 6.33. The molecule has 0 saturated carbocycles. The number of aryl methyl sites for hydroxylation is 2. The highest BCUT2D eigenvalue weighted by Gasteiger charge is 2.13. The van der Waals surface area contributed by atoms with Gasteiger partial charge in [0, 0.05) is 5.39 Å².